The van der Waals surface area contributed by atoms with Crippen LogP contribution in [0.5, 0.6) is 5.75 Å². The van der Waals surface area contributed by atoms with Crippen LogP contribution in [0.1, 0.15) is 16.8 Å². The van der Waals surface area contributed by atoms with Gasteiger partial charge in [-0.2, -0.15) is 0 Å². The number of benzene rings is 1. The first kappa shape index (κ1) is 15.5. The van der Waals surface area contributed by atoms with Gasteiger partial charge in [0.25, 0.3) is 5.91 Å². The number of carbonyl (C=O) groups is 2. The number of pyridine rings is 1. The monoisotopic (exact) mass is 300 g/mol. The van der Waals surface area contributed by atoms with Crippen LogP contribution in [0.15, 0.2) is 48.8 Å². The van der Waals surface area contributed by atoms with E-state index in [4.69, 9.17) is 9.84 Å². The van der Waals surface area contributed by atoms with E-state index in [1.807, 2.05) is 0 Å². The molecule has 2 rings (SSSR count). The van der Waals surface area contributed by atoms with Gasteiger partial charge in [-0.25, -0.2) is 0 Å². The Labute approximate surface area is 128 Å². The number of carboxylic acids is 1. The third-order valence-corrected chi connectivity index (χ3v) is 3.11. The Morgan fingerprint density at radius 2 is 1.77 bits per heavy atom. The number of nitrogens with zero attached hydrogens (tertiary/aromatic N) is 2. The predicted octanol–water partition coefficient (Wildman–Crippen LogP) is 2.21. The molecule has 0 aliphatic carbocycles. The number of amides is 1. The van der Waals surface area contributed by atoms with Crippen LogP contribution in [-0.4, -0.2) is 35.6 Å². The van der Waals surface area contributed by atoms with Crippen molar-refractivity contribution in [1.82, 2.24) is 4.98 Å². The molecular formula is C16H16N2O4. The summed E-state index contributed by atoms with van der Waals surface area (Å²) in [5.74, 6) is -0.562. The van der Waals surface area contributed by atoms with Crippen LogP contribution in [-0.2, 0) is 4.79 Å². The molecule has 1 aromatic heterocycles. The highest BCUT2D eigenvalue weighted by atomic mass is 16.5. The molecule has 0 radical (unpaired) electrons. The van der Waals surface area contributed by atoms with E-state index in [-0.39, 0.29) is 18.9 Å². The Bertz CT molecular complexity index is 641. The van der Waals surface area contributed by atoms with Crippen molar-refractivity contribution in [3.63, 3.8) is 0 Å². The molecule has 0 saturated carbocycles. The molecule has 0 aliphatic heterocycles. The van der Waals surface area contributed by atoms with E-state index in [0.29, 0.717) is 17.0 Å². The lowest BCUT2D eigenvalue weighted by Crippen LogP contribution is -2.33. The molecule has 0 fully saturated rings. The SMILES string of the molecule is COc1ccc(N(CCC(=O)O)C(=O)c2ccncc2)cc1. The summed E-state index contributed by atoms with van der Waals surface area (Å²) >= 11 is 0. The zero-order chi connectivity index (χ0) is 15.9. The number of aliphatic carboxylic acids is 1. The van der Waals surface area contributed by atoms with Crippen LogP contribution in [0.25, 0.3) is 0 Å². The van der Waals surface area contributed by atoms with Crippen molar-refractivity contribution in [2.45, 2.75) is 6.42 Å². The van der Waals surface area contributed by atoms with Gasteiger partial charge in [0, 0.05) is 30.2 Å². The third-order valence-electron chi connectivity index (χ3n) is 3.11. The van der Waals surface area contributed by atoms with Gasteiger partial charge < -0.3 is 14.7 Å². The van der Waals surface area contributed by atoms with E-state index < -0.39 is 5.97 Å². The van der Waals surface area contributed by atoms with Gasteiger partial charge >= 0.3 is 5.97 Å². The number of carbonyl (C=O) groups excluding carboxylic acids is 1. The average Bonchev–Trinajstić information content (AvgIpc) is 2.56. The molecule has 2 aromatic rings. The first-order valence-electron chi connectivity index (χ1n) is 6.69. The van der Waals surface area contributed by atoms with Gasteiger partial charge in [0.1, 0.15) is 5.75 Å². The largest absolute Gasteiger partial charge is 0.497 e. The first-order chi connectivity index (χ1) is 10.6. The molecule has 0 bridgehead atoms. The standard InChI is InChI=1S/C16H16N2O4/c1-22-14-4-2-13(3-5-14)18(11-8-15(19)20)16(21)12-6-9-17-10-7-12/h2-7,9-10H,8,11H2,1H3,(H,19,20). The minimum Gasteiger partial charge on any atom is -0.497 e. The number of rotatable bonds is 6. The van der Waals surface area contributed by atoms with Crippen LogP contribution in [0.2, 0.25) is 0 Å². The van der Waals surface area contributed by atoms with Crippen molar-refractivity contribution in [2.75, 3.05) is 18.6 Å². The van der Waals surface area contributed by atoms with Crippen molar-refractivity contribution < 1.29 is 19.4 Å². The first-order valence-corrected chi connectivity index (χ1v) is 6.69. The van der Waals surface area contributed by atoms with E-state index in [0.717, 1.165) is 0 Å². The molecule has 0 atom stereocenters. The highest BCUT2D eigenvalue weighted by Gasteiger charge is 2.18. The van der Waals surface area contributed by atoms with Crippen LogP contribution in [0.3, 0.4) is 0 Å². The summed E-state index contributed by atoms with van der Waals surface area (Å²) in [5, 5.41) is 8.88. The smallest absolute Gasteiger partial charge is 0.305 e. The van der Waals surface area contributed by atoms with Crippen molar-refractivity contribution >= 4 is 17.6 Å². The molecule has 22 heavy (non-hydrogen) atoms. The number of hydrogen-bond donors (Lipinski definition) is 1. The van der Waals surface area contributed by atoms with Crippen LogP contribution >= 0.6 is 0 Å². The Kier molecular flexibility index (Phi) is 5.08. The Hall–Kier alpha value is -2.89. The van der Waals surface area contributed by atoms with E-state index in [2.05, 4.69) is 4.98 Å². The van der Waals surface area contributed by atoms with Crippen LogP contribution in [0, 0.1) is 0 Å². The highest BCUT2D eigenvalue weighted by molar-refractivity contribution is 6.06. The molecule has 0 unspecified atom stereocenters. The van der Waals surface area contributed by atoms with Crippen molar-refractivity contribution in [2.24, 2.45) is 0 Å². The Balaban J connectivity index is 2.28. The van der Waals surface area contributed by atoms with E-state index in [1.165, 1.54) is 17.3 Å². The van der Waals surface area contributed by atoms with Gasteiger partial charge in [-0.05, 0) is 36.4 Å². The quantitative estimate of drug-likeness (QED) is 0.884. The van der Waals surface area contributed by atoms with E-state index in [1.54, 1.807) is 43.5 Å². The fourth-order valence-electron chi connectivity index (χ4n) is 1.97. The molecule has 1 aromatic carbocycles. The maximum atomic E-state index is 12.6. The Morgan fingerprint density at radius 3 is 2.32 bits per heavy atom. The maximum absolute atomic E-state index is 12.6. The lowest BCUT2D eigenvalue weighted by atomic mass is 10.2. The lowest BCUT2D eigenvalue weighted by Gasteiger charge is -2.22. The van der Waals surface area contributed by atoms with Crippen molar-refractivity contribution in [1.29, 1.82) is 0 Å². The fraction of sp³-hybridized carbons (Fsp3) is 0.188. The van der Waals surface area contributed by atoms with Gasteiger partial charge in [0.05, 0.1) is 13.5 Å². The second-order valence-electron chi connectivity index (χ2n) is 4.53. The minimum absolute atomic E-state index is 0.0861. The molecule has 0 saturated heterocycles. The molecule has 0 aliphatic rings. The average molecular weight is 300 g/mol. The number of anilines is 1. The van der Waals surface area contributed by atoms with Crippen LogP contribution in [0.4, 0.5) is 5.69 Å². The second-order valence-corrected chi connectivity index (χ2v) is 4.53. The van der Waals surface area contributed by atoms with Gasteiger partial charge in [-0.1, -0.05) is 0 Å². The van der Waals surface area contributed by atoms with Gasteiger partial charge in [0.15, 0.2) is 0 Å². The predicted molar refractivity (Wildman–Crippen MR) is 81.2 cm³/mol. The van der Waals surface area contributed by atoms with Gasteiger partial charge in [0.2, 0.25) is 0 Å². The molecule has 1 amide bonds. The normalized spacial score (nSPS) is 10.0. The van der Waals surface area contributed by atoms with Gasteiger partial charge in [-0.15, -0.1) is 0 Å². The molecule has 1 heterocycles. The topological polar surface area (TPSA) is 79.7 Å². The fourth-order valence-corrected chi connectivity index (χ4v) is 1.97. The summed E-state index contributed by atoms with van der Waals surface area (Å²) in [6.07, 6.45) is 2.91. The molecular weight excluding hydrogens is 284 g/mol. The number of ether oxygens (including phenoxy) is 1. The summed E-state index contributed by atoms with van der Waals surface area (Å²) in [6.45, 7) is 0.0861. The molecule has 0 spiro atoms. The van der Waals surface area contributed by atoms with Crippen molar-refractivity contribution in [3.05, 3.63) is 54.4 Å². The number of aromatic nitrogens is 1. The van der Waals surface area contributed by atoms with E-state index in [9.17, 15) is 9.59 Å². The highest BCUT2D eigenvalue weighted by Crippen LogP contribution is 2.21. The van der Waals surface area contributed by atoms with Gasteiger partial charge in [-0.3, -0.25) is 14.6 Å². The van der Waals surface area contributed by atoms with E-state index >= 15 is 0 Å². The van der Waals surface area contributed by atoms with Crippen LogP contribution < -0.4 is 9.64 Å². The maximum Gasteiger partial charge on any atom is 0.305 e. The lowest BCUT2D eigenvalue weighted by molar-refractivity contribution is -0.136. The summed E-state index contributed by atoms with van der Waals surface area (Å²) in [5.41, 5.74) is 1.07. The minimum atomic E-state index is -0.957. The zero-order valence-electron chi connectivity index (χ0n) is 12.1. The third kappa shape index (κ3) is 3.82. The molecule has 6 heteroatoms. The molecule has 6 nitrogen and oxygen atoms in total. The van der Waals surface area contributed by atoms with Crippen molar-refractivity contribution in [3.8, 4) is 5.75 Å². The summed E-state index contributed by atoms with van der Waals surface area (Å²) < 4.78 is 5.09. The molecule has 114 valence electrons. The summed E-state index contributed by atoms with van der Waals surface area (Å²) in [7, 11) is 1.55. The molecule has 1 N–H and O–H groups in total. The summed E-state index contributed by atoms with van der Waals surface area (Å²) in [6, 6.07) is 10.1. The summed E-state index contributed by atoms with van der Waals surface area (Å²) in [4.78, 5) is 28.7. The number of methoxy groups -OCH3 is 1. The number of hydrogen-bond acceptors (Lipinski definition) is 4. The number of carboxylic acid groups (broad SMARTS) is 1. The second kappa shape index (κ2) is 7.21. The zero-order valence-corrected chi connectivity index (χ0v) is 12.1. The Morgan fingerprint density at radius 1 is 1.14 bits per heavy atom.